The second kappa shape index (κ2) is 14.9. The topological polar surface area (TPSA) is 87.5 Å². The molecule has 0 radical (unpaired) electrons. The smallest absolute Gasteiger partial charge is 0.338 e. The number of ether oxygens (including phenoxy) is 3. The first-order valence-electron chi connectivity index (χ1n) is 14.2. The standard InChI is InChI=1S/C32H30BrCl2FN4O4S/c1-4-13-43-30(41)27-18(3)37-31-38-32(45-17-19-9-6-7-10-23(19)34)39-40(31)28(27)20-14-22(33)29(26(15-20)42-5-2)44-16-21-24(35)11-8-12-25(21)36/h6-12,14-15,28H,4-5,13,16-17H2,1-3H3,(H,37,38,39). The van der Waals surface area contributed by atoms with E-state index in [0.29, 0.717) is 67.7 Å². The molecule has 1 N–H and O–H groups in total. The molecule has 13 heteroatoms. The summed E-state index contributed by atoms with van der Waals surface area (Å²) in [5.74, 6) is 0.836. The van der Waals surface area contributed by atoms with Crippen molar-refractivity contribution < 1.29 is 23.4 Å². The van der Waals surface area contributed by atoms with Gasteiger partial charge in [0.2, 0.25) is 11.1 Å². The summed E-state index contributed by atoms with van der Waals surface area (Å²) >= 11 is 17.7. The Kier molecular flexibility index (Phi) is 11.0. The first-order chi connectivity index (χ1) is 21.7. The Morgan fingerprint density at radius 3 is 2.62 bits per heavy atom. The molecule has 0 aliphatic carbocycles. The summed E-state index contributed by atoms with van der Waals surface area (Å²) in [7, 11) is 0. The van der Waals surface area contributed by atoms with E-state index < -0.39 is 17.8 Å². The van der Waals surface area contributed by atoms with Crippen LogP contribution in [0.15, 0.2) is 75.5 Å². The van der Waals surface area contributed by atoms with Gasteiger partial charge in [0, 0.05) is 22.0 Å². The number of esters is 1. The van der Waals surface area contributed by atoms with Crippen molar-refractivity contribution in [2.45, 2.75) is 50.8 Å². The maximum atomic E-state index is 14.5. The van der Waals surface area contributed by atoms with Gasteiger partial charge in [-0.1, -0.05) is 66.2 Å². The molecule has 1 atom stereocenters. The number of benzene rings is 3. The number of anilines is 1. The van der Waals surface area contributed by atoms with Gasteiger partial charge < -0.3 is 19.5 Å². The molecule has 1 aliphatic rings. The Bertz CT molecular complexity index is 1730. The molecule has 0 fully saturated rings. The van der Waals surface area contributed by atoms with Gasteiger partial charge in [-0.25, -0.2) is 13.9 Å². The fraction of sp³-hybridized carbons (Fsp3) is 0.281. The number of halogens is 4. The minimum absolute atomic E-state index is 0.121. The average Bonchev–Trinajstić information content (AvgIpc) is 3.41. The van der Waals surface area contributed by atoms with Crippen LogP contribution in [-0.2, 0) is 21.9 Å². The molecule has 0 spiro atoms. The molecule has 0 saturated carbocycles. The Labute approximate surface area is 283 Å². The quantitative estimate of drug-likeness (QED) is 0.114. The largest absolute Gasteiger partial charge is 0.490 e. The zero-order chi connectivity index (χ0) is 32.1. The third kappa shape index (κ3) is 7.43. The van der Waals surface area contributed by atoms with Crippen LogP contribution in [-0.4, -0.2) is 33.9 Å². The van der Waals surface area contributed by atoms with Crippen LogP contribution in [0.25, 0.3) is 0 Å². The summed E-state index contributed by atoms with van der Waals surface area (Å²) in [5, 5.41) is 9.45. The van der Waals surface area contributed by atoms with Gasteiger partial charge >= 0.3 is 5.97 Å². The van der Waals surface area contributed by atoms with Crippen LogP contribution >= 0.6 is 50.9 Å². The Morgan fingerprint density at radius 2 is 1.89 bits per heavy atom. The summed E-state index contributed by atoms with van der Waals surface area (Å²) in [6.45, 7) is 6.06. The van der Waals surface area contributed by atoms with Crippen molar-refractivity contribution in [2.24, 2.45) is 0 Å². The molecule has 0 bridgehead atoms. The molecule has 45 heavy (non-hydrogen) atoms. The van der Waals surface area contributed by atoms with E-state index in [1.54, 1.807) is 23.7 Å². The minimum atomic E-state index is -0.710. The molecular formula is C32H30BrCl2FN4O4S. The Balaban J connectivity index is 1.54. The number of rotatable bonds is 12. The van der Waals surface area contributed by atoms with Crippen LogP contribution < -0.4 is 14.8 Å². The van der Waals surface area contributed by atoms with E-state index in [4.69, 9.17) is 47.5 Å². The van der Waals surface area contributed by atoms with Crippen LogP contribution in [0.4, 0.5) is 10.3 Å². The van der Waals surface area contributed by atoms with E-state index in [2.05, 4.69) is 21.2 Å². The highest BCUT2D eigenvalue weighted by molar-refractivity contribution is 9.10. The second-order valence-electron chi connectivity index (χ2n) is 10.00. The number of hydrogen-bond acceptors (Lipinski definition) is 8. The van der Waals surface area contributed by atoms with Crippen molar-refractivity contribution in [1.29, 1.82) is 0 Å². The predicted octanol–water partition coefficient (Wildman–Crippen LogP) is 9.00. The van der Waals surface area contributed by atoms with Crippen LogP contribution in [0.3, 0.4) is 0 Å². The molecule has 4 aromatic rings. The number of carbonyl (C=O) groups is 1. The molecular weight excluding hydrogens is 706 g/mol. The van der Waals surface area contributed by atoms with E-state index in [1.165, 1.54) is 23.9 Å². The SMILES string of the molecule is CCCOC(=O)C1=C(C)Nc2nc(SCc3ccccc3Cl)nn2C1c1cc(Br)c(OCc2c(F)cccc2Cl)c(OCC)c1. The maximum absolute atomic E-state index is 14.5. The predicted molar refractivity (Wildman–Crippen MR) is 178 cm³/mol. The maximum Gasteiger partial charge on any atom is 0.338 e. The van der Waals surface area contributed by atoms with E-state index >= 15 is 0 Å². The number of nitrogens with one attached hydrogen (secondary N) is 1. The van der Waals surface area contributed by atoms with Gasteiger partial charge in [-0.05, 0) is 77.7 Å². The minimum Gasteiger partial charge on any atom is -0.490 e. The molecule has 1 aliphatic heterocycles. The van der Waals surface area contributed by atoms with Crippen LogP contribution in [0.1, 0.15) is 49.9 Å². The third-order valence-corrected chi connectivity index (χ3v) is 9.07. The van der Waals surface area contributed by atoms with Crippen LogP contribution in [0.5, 0.6) is 11.5 Å². The lowest BCUT2D eigenvalue weighted by molar-refractivity contribution is -0.139. The summed E-state index contributed by atoms with van der Waals surface area (Å²) < 4.78 is 34.3. The Morgan fingerprint density at radius 1 is 1.11 bits per heavy atom. The number of aromatic nitrogens is 3. The summed E-state index contributed by atoms with van der Waals surface area (Å²) in [4.78, 5) is 18.2. The molecule has 3 aromatic carbocycles. The lowest BCUT2D eigenvalue weighted by Crippen LogP contribution is -2.30. The van der Waals surface area contributed by atoms with Crippen molar-refractivity contribution >= 4 is 62.8 Å². The van der Waals surface area contributed by atoms with Gasteiger partial charge in [-0.2, -0.15) is 4.98 Å². The first kappa shape index (κ1) is 33.1. The van der Waals surface area contributed by atoms with Crippen molar-refractivity contribution in [3.63, 3.8) is 0 Å². The normalized spacial score (nSPS) is 14.2. The molecule has 0 saturated heterocycles. The lowest BCUT2D eigenvalue weighted by atomic mass is 9.95. The number of allylic oxidation sites excluding steroid dienone is 1. The average molecular weight is 736 g/mol. The zero-order valence-electron chi connectivity index (χ0n) is 24.7. The molecule has 236 valence electrons. The van der Waals surface area contributed by atoms with Gasteiger partial charge in [-0.3, -0.25) is 0 Å². The number of nitrogens with zero attached hydrogens (tertiary/aromatic N) is 3. The number of fused-ring (bicyclic) bond motifs is 1. The highest BCUT2D eigenvalue weighted by Crippen LogP contribution is 2.44. The summed E-state index contributed by atoms with van der Waals surface area (Å²) in [6.07, 6.45) is 0.672. The van der Waals surface area contributed by atoms with Crippen molar-refractivity contribution in [3.05, 3.63) is 103 Å². The lowest BCUT2D eigenvalue weighted by Gasteiger charge is -2.29. The second-order valence-corrected chi connectivity index (χ2v) is 12.6. The van der Waals surface area contributed by atoms with E-state index in [0.717, 1.165) is 5.56 Å². The van der Waals surface area contributed by atoms with Gasteiger partial charge in [0.1, 0.15) is 18.5 Å². The highest BCUT2D eigenvalue weighted by Gasteiger charge is 2.36. The zero-order valence-corrected chi connectivity index (χ0v) is 28.6. The first-order valence-corrected chi connectivity index (χ1v) is 16.7. The summed E-state index contributed by atoms with van der Waals surface area (Å²) in [5.41, 5.74) is 2.82. The third-order valence-electron chi connectivity index (χ3n) is 6.87. The van der Waals surface area contributed by atoms with E-state index in [1.807, 2.05) is 44.2 Å². The van der Waals surface area contributed by atoms with Crippen molar-refractivity contribution in [3.8, 4) is 11.5 Å². The fourth-order valence-electron chi connectivity index (χ4n) is 4.76. The van der Waals surface area contributed by atoms with Crippen molar-refractivity contribution in [1.82, 2.24) is 14.8 Å². The summed E-state index contributed by atoms with van der Waals surface area (Å²) in [6, 6.07) is 15.0. The van der Waals surface area contributed by atoms with Crippen molar-refractivity contribution in [2.75, 3.05) is 18.5 Å². The van der Waals surface area contributed by atoms with Gasteiger partial charge in [0.05, 0.1) is 28.3 Å². The molecule has 1 unspecified atom stereocenters. The number of carbonyl (C=O) groups excluding carboxylic acids is 1. The monoisotopic (exact) mass is 734 g/mol. The molecule has 8 nitrogen and oxygen atoms in total. The molecule has 1 aromatic heterocycles. The Hall–Kier alpha value is -3.25. The molecule has 5 rings (SSSR count). The van der Waals surface area contributed by atoms with E-state index in [-0.39, 0.29) is 23.8 Å². The van der Waals surface area contributed by atoms with Crippen LogP contribution in [0, 0.1) is 5.82 Å². The molecule has 0 amide bonds. The van der Waals surface area contributed by atoms with E-state index in [9.17, 15) is 9.18 Å². The van der Waals surface area contributed by atoms with Gasteiger partial charge in [0.15, 0.2) is 11.5 Å². The van der Waals surface area contributed by atoms with Gasteiger partial charge in [-0.15, -0.1) is 5.10 Å². The number of hydrogen-bond donors (Lipinski definition) is 1. The van der Waals surface area contributed by atoms with Gasteiger partial charge in [0.25, 0.3) is 0 Å². The molecule has 2 heterocycles. The number of thioether (sulfide) groups is 1. The van der Waals surface area contributed by atoms with Crippen LogP contribution in [0.2, 0.25) is 10.0 Å². The fourth-order valence-corrected chi connectivity index (χ4v) is 6.67. The highest BCUT2D eigenvalue weighted by atomic mass is 79.9.